The van der Waals surface area contributed by atoms with E-state index in [1.54, 1.807) is 30.3 Å². The van der Waals surface area contributed by atoms with Crippen molar-refractivity contribution < 1.29 is 22.8 Å². The number of carbonyl (C=O) groups is 2. The van der Waals surface area contributed by atoms with Gasteiger partial charge in [0.05, 0.1) is 5.56 Å². The number of nitrogens with zero attached hydrogens (tertiary/aromatic N) is 4. The minimum absolute atomic E-state index is 0.0800. The molecule has 0 radical (unpaired) electrons. The fourth-order valence-corrected chi connectivity index (χ4v) is 3.33. The van der Waals surface area contributed by atoms with Gasteiger partial charge >= 0.3 is 6.18 Å². The van der Waals surface area contributed by atoms with E-state index in [0.29, 0.717) is 30.9 Å². The highest BCUT2D eigenvalue weighted by molar-refractivity contribution is 6.10. The molecule has 0 aromatic carbocycles. The van der Waals surface area contributed by atoms with Gasteiger partial charge in [-0.05, 0) is 30.2 Å². The van der Waals surface area contributed by atoms with Crippen LogP contribution in [0.1, 0.15) is 34.5 Å². The van der Waals surface area contributed by atoms with E-state index in [1.165, 1.54) is 11.1 Å². The van der Waals surface area contributed by atoms with Crippen LogP contribution in [-0.4, -0.2) is 58.9 Å². The number of anilines is 2. The smallest absolute Gasteiger partial charge is 0.383 e. The van der Waals surface area contributed by atoms with Gasteiger partial charge in [0, 0.05) is 32.4 Å². The summed E-state index contributed by atoms with van der Waals surface area (Å²) in [5.41, 5.74) is 6.87. The Hall–Kier alpha value is -3.43. The maximum Gasteiger partial charge on any atom is 0.397 e. The molecule has 3 rings (SSSR count). The second-order valence-electron chi connectivity index (χ2n) is 7.13. The highest BCUT2D eigenvalue weighted by Crippen LogP contribution is 2.22. The Morgan fingerprint density at radius 2 is 1.97 bits per heavy atom. The van der Waals surface area contributed by atoms with Crippen LogP contribution in [-0.2, 0) is 4.79 Å². The van der Waals surface area contributed by atoms with Crippen LogP contribution in [0.5, 0.6) is 0 Å². The Morgan fingerprint density at radius 1 is 1.19 bits per heavy atom. The zero-order chi connectivity index (χ0) is 22.6. The molecule has 1 fully saturated rings. The molecule has 0 unspecified atom stereocenters. The topological polar surface area (TPSA) is 92.4 Å². The lowest BCUT2D eigenvalue weighted by Crippen LogP contribution is -2.37. The monoisotopic (exact) mass is 433 g/mol. The number of carbonyl (C=O) groups excluding carboxylic acids is 2. The van der Waals surface area contributed by atoms with Crippen LogP contribution in [0.4, 0.5) is 24.8 Å². The summed E-state index contributed by atoms with van der Waals surface area (Å²) in [6, 6.07) is 6.53. The van der Waals surface area contributed by atoms with Gasteiger partial charge in [-0.3, -0.25) is 9.59 Å². The summed E-state index contributed by atoms with van der Waals surface area (Å²) in [6.45, 7) is 4.84. The maximum atomic E-state index is 12.9. The summed E-state index contributed by atoms with van der Waals surface area (Å²) in [5.74, 6) is -0.748. The summed E-state index contributed by atoms with van der Waals surface area (Å²) in [5, 5.41) is 0. The van der Waals surface area contributed by atoms with Gasteiger partial charge in [-0.25, -0.2) is 9.97 Å². The van der Waals surface area contributed by atoms with E-state index < -0.39 is 24.3 Å². The van der Waals surface area contributed by atoms with Gasteiger partial charge in [0.15, 0.2) is 0 Å². The number of nitrogen functional groups attached to an aromatic ring is 1. The lowest BCUT2D eigenvalue weighted by atomic mass is 10.1. The highest BCUT2D eigenvalue weighted by Gasteiger charge is 2.34. The SMILES string of the molecule is C=Cc1cnc(N)c(C(=O)c2cccc(N3CCCN(C(=O)CC(F)(F)F)CC3)n2)c1. The maximum absolute atomic E-state index is 12.9. The van der Waals surface area contributed by atoms with Gasteiger partial charge < -0.3 is 15.5 Å². The predicted octanol–water partition coefficient (Wildman–Crippen LogP) is 2.92. The van der Waals surface area contributed by atoms with Crippen LogP contribution < -0.4 is 10.6 Å². The van der Waals surface area contributed by atoms with Gasteiger partial charge in [0.1, 0.15) is 23.8 Å². The van der Waals surface area contributed by atoms with Crippen molar-refractivity contribution in [2.75, 3.05) is 36.8 Å². The molecular formula is C21H22F3N5O2. The number of amides is 1. The largest absolute Gasteiger partial charge is 0.397 e. The zero-order valence-corrected chi connectivity index (χ0v) is 16.7. The van der Waals surface area contributed by atoms with Crippen molar-refractivity contribution >= 4 is 29.4 Å². The first kappa shape index (κ1) is 22.3. The number of alkyl halides is 3. The van der Waals surface area contributed by atoms with Crippen molar-refractivity contribution in [1.82, 2.24) is 14.9 Å². The molecule has 10 heteroatoms. The molecule has 2 aromatic heterocycles. The molecule has 0 saturated carbocycles. The molecule has 1 saturated heterocycles. The van der Waals surface area contributed by atoms with Crippen LogP contribution in [0.25, 0.3) is 6.08 Å². The first-order valence-electron chi connectivity index (χ1n) is 9.67. The molecule has 2 aromatic rings. The van der Waals surface area contributed by atoms with Crippen LogP contribution in [0.3, 0.4) is 0 Å². The fraction of sp³-hybridized carbons (Fsp3) is 0.333. The van der Waals surface area contributed by atoms with Gasteiger partial charge in [-0.1, -0.05) is 18.7 Å². The van der Waals surface area contributed by atoms with E-state index in [4.69, 9.17) is 5.73 Å². The Morgan fingerprint density at radius 3 is 2.68 bits per heavy atom. The third-order valence-corrected chi connectivity index (χ3v) is 4.91. The van der Waals surface area contributed by atoms with E-state index >= 15 is 0 Å². The number of hydrogen-bond acceptors (Lipinski definition) is 6. The average Bonchev–Trinajstić information content (AvgIpc) is 2.99. The first-order chi connectivity index (χ1) is 14.7. The standard InChI is InChI=1S/C21H22F3N5O2/c1-2-14-11-15(20(25)26-13-14)19(31)16-5-3-6-17(27-16)28-7-4-8-29(10-9-28)18(30)12-21(22,23)24/h2-3,5-6,11,13H,1,4,7-10,12H2,(H2,25,26). The van der Waals surface area contributed by atoms with Crippen molar-refractivity contribution in [3.8, 4) is 0 Å². The molecule has 1 amide bonds. The third-order valence-electron chi connectivity index (χ3n) is 4.91. The van der Waals surface area contributed by atoms with Crippen molar-refractivity contribution in [3.05, 3.63) is 53.9 Å². The number of ketones is 1. The lowest BCUT2D eigenvalue weighted by Gasteiger charge is -2.23. The molecule has 31 heavy (non-hydrogen) atoms. The second kappa shape index (κ2) is 9.15. The second-order valence-corrected chi connectivity index (χ2v) is 7.13. The molecule has 7 nitrogen and oxygen atoms in total. The fourth-order valence-electron chi connectivity index (χ4n) is 3.33. The number of rotatable bonds is 5. The summed E-state index contributed by atoms with van der Waals surface area (Å²) >= 11 is 0. The molecule has 2 N–H and O–H groups in total. The van der Waals surface area contributed by atoms with Gasteiger partial charge in [-0.15, -0.1) is 0 Å². The molecule has 1 aliphatic rings. The van der Waals surface area contributed by atoms with Gasteiger partial charge in [-0.2, -0.15) is 13.2 Å². The Kier molecular flexibility index (Phi) is 6.57. The molecule has 0 atom stereocenters. The van der Waals surface area contributed by atoms with Crippen LogP contribution in [0, 0.1) is 0 Å². The number of aromatic nitrogens is 2. The quantitative estimate of drug-likeness (QED) is 0.729. The molecular weight excluding hydrogens is 411 g/mol. The number of pyridine rings is 2. The Labute approximate surface area is 177 Å². The van der Waals surface area contributed by atoms with Crippen molar-refractivity contribution in [1.29, 1.82) is 0 Å². The molecule has 0 bridgehead atoms. The third kappa shape index (κ3) is 5.59. The van der Waals surface area contributed by atoms with Crippen molar-refractivity contribution in [2.45, 2.75) is 19.0 Å². The number of halogens is 3. The normalized spacial score (nSPS) is 14.8. The number of nitrogens with two attached hydrogens (primary N) is 1. The molecule has 0 aliphatic carbocycles. The van der Waals surface area contributed by atoms with Crippen LogP contribution in [0.15, 0.2) is 37.0 Å². The Bertz CT molecular complexity index is 993. The average molecular weight is 433 g/mol. The molecule has 3 heterocycles. The van der Waals surface area contributed by atoms with Crippen LogP contribution >= 0.6 is 0 Å². The Balaban J connectivity index is 1.75. The summed E-state index contributed by atoms with van der Waals surface area (Å²) in [7, 11) is 0. The first-order valence-corrected chi connectivity index (χ1v) is 9.67. The summed E-state index contributed by atoms with van der Waals surface area (Å²) < 4.78 is 37.6. The van der Waals surface area contributed by atoms with E-state index in [9.17, 15) is 22.8 Å². The van der Waals surface area contributed by atoms with E-state index in [2.05, 4.69) is 16.5 Å². The van der Waals surface area contributed by atoms with Crippen molar-refractivity contribution in [2.24, 2.45) is 0 Å². The van der Waals surface area contributed by atoms with E-state index in [1.807, 2.05) is 4.90 Å². The van der Waals surface area contributed by atoms with E-state index in [0.717, 1.165) is 0 Å². The lowest BCUT2D eigenvalue weighted by molar-refractivity contribution is -0.161. The zero-order valence-electron chi connectivity index (χ0n) is 16.7. The van der Waals surface area contributed by atoms with Crippen molar-refractivity contribution in [3.63, 3.8) is 0 Å². The van der Waals surface area contributed by atoms with Gasteiger partial charge in [0.2, 0.25) is 11.7 Å². The predicted molar refractivity (Wildman–Crippen MR) is 110 cm³/mol. The summed E-state index contributed by atoms with van der Waals surface area (Å²) in [4.78, 5) is 36.3. The van der Waals surface area contributed by atoms with Crippen LogP contribution in [0.2, 0.25) is 0 Å². The molecule has 164 valence electrons. The number of hydrogen-bond donors (Lipinski definition) is 1. The summed E-state index contributed by atoms with van der Waals surface area (Å²) in [6.07, 6.45) is -2.45. The van der Waals surface area contributed by atoms with Gasteiger partial charge in [0.25, 0.3) is 0 Å². The van der Waals surface area contributed by atoms with E-state index in [-0.39, 0.29) is 30.2 Å². The minimum Gasteiger partial charge on any atom is -0.383 e. The molecule has 0 spiro atoms. The molecule has 1 aliphatic heterocycles. The minimum atomic E-state index is -4.53. The highest BCUT2D eigenvalue weighted by atomic mass is 19.4.